The van der Waals surface area contributed by atoms with Crippen LogP contribution in [0.4, 0.5) is 0 Å². The second-order valence-electron chi connectivity index (χ2n) is 22.4. The number of rotatable bonds is 66. The fraction of sp³-hybridized carbons (Fsp3) is 0.941. The highest BCUT2D eigenvalue weighted by atomic mass is 16.8. The van der Waals surface area contributed by atoms with Gasteiger partial charge in [-0.1, -0.05) is 272 Å². The molecule has 75 heavy (non-hydrogen) atoms. The Morgan fingerprint density at radius 1 is 0.227 bits per heavy atom. The molecule has 448 valence electrons. The van der Waals surface area contributed by atoms with E-state index in [9.17, 15) is 0 Å². The fourth-order valence-electron chi connectivity index (χ4n) is 9.73. The van der Waals surface area contributed by atoms with Gasteiger partial charge in [0, 0.05) is 39.6 Å². The Kier molecular flexibility index (Phi) is 65.0. The van der Waals surface area contributed by atoms with Crippen LogP contribution in [0.3, 0.4) is 0 Å². The summed E-state index contributed by atoms with van der Waals surface area (Å²) in [5.74, 6) is 0. The van der Waals surface area contributed by atoms with Crippen molar-refractivity contribution in [1.82, 2.24) is 0 Å². The van der Waals surface area contributed by atoms with Gasteiger partial charge in [0.2, 0.25) is 0 Å². The van der Waals surface area contributed by atoms with E-state index in [0.29, 0.717) is 13.2 Å². The number of ether oxygens (including phenoxy) is 7. The molecule has 0 N–H and O–H groups in total. The van der Waals surface area contributed by atoms with Gasteiger partial charge in [0.05, 0.1) is 0 Å². The van der Waals surface area contributed by atoms with Crippen molar-refractivity contribution < 1.29 is 33.2 Å². The molecule has 0 radical (unpaired) electrons. The Morgan fingerprint density at radius 2 is 0.467 bits per heavy atom. The minimum absolute atomic E-state index is 0.00424. The SMILES string of the molecule is CCCCCCCCOC(CCCCCCCCCCCC=CC(OCCC)OC(C=CCCCCCCCCCCCC(OCCCCCCCC)OCCCCCCCC)OCCC)OCCCCCCCC. The zero-order valence-corrected chi connectivity index (χ0v) is 51.7. The van der Waals surface area contributed by atoms with Crippen molar-refractivity contribution in [1.29, 1.82) is 0 Å². The lowest BCUT2D eigenvalue weighted by Gasteiger charge is -2.21. The first-order valence-corrected chi connectivity index (χ1v) is 33.8. The molecule has 0 bridgehead atoms. The van der Waals surface area contributed by atoms with E-state index in [1.165, 1.54) is 270 Å². The van der Waals surface area contributed by atoms with Crippen LogP contribution in [0.2, 0.25) is 0 Å². The van der Waals surface area contributed by atoms with Gasteiger partial charge in [0.25, 0.3) is 0 Å². The largest absolute Gasteiger partial charge is 0.353 e. The number of unbranched alkanes of at least 4 members (excludes halogenated alkanes) is 38. The zero-order valence-electron chi connectivity index (χ0n) is 51.7. The lowest BCUT2D eigenvalue weighted by Crippen LogP contribution is -2.25. The van der Waals surface area contributed by atoms with Gasteiger partial charge in [-0.05, 0) is 102 Å². The van der Waals surface area contributed by atoms with Crippen LogP contribution in [0, 0.1) is 0 Å². The summed E-state index contributed by atoms with van der Waals surface area (Å²) in [6.07, 6.45) is 68.9. The van der Waals surface area contributed by atoms with E-state index in [0.717, 1.165) is 65.0 Å². The van der Waals surface area contributed by atoms with Crippen molar-refractivity contribution in [3.8, 4) is 0 Å². The van der Waals surface area contributed by atoms with Gasteiger partial charge in [0.15, 0.2) is 25.2 Å². The summed E-state index contributed by atoms with van der Waals surface area (Å²) in [5.41, 5.74) is 0. The van der Waals surface area contributed by atoms with E-state index in [-0.39, 0.29) is 25.2 Å². The summed E-state index contributed by atoms with van der Waals surface area (Å²) in [5, 5.41) is 0. The van der Waals surface area contributed by atoms with Crippen LogP contribution >= 0.6 is 0 Å². The highest BCUT2D eigenvalue weighted by Gasteiger charge is 2.14. The topological polar surface area (TPSA) is 64.6 Å². The predicted molar refractivity (Wildman–Crippen MR) is 326 cm³/mol. The molecule has 2 atom stereocenters. The van der Waals surface area contributed by atoms with Gasteiger partial charge in [-0.15, -0.1) is 0 Å². The molecule has 0 rings (SSSR count). The smallest absolute Gasteiger partial charge is 0.180 e. The number of hydrogen-bond acceptors (Lipinski definition) is 7. The molecular formula is C68H134O7. The molecule has 0 aromatic rings. The molecular weight excluding hydrogens is 929 g/mol. The Bertz CT molecular complexity index is 966. The van der Waals surface area contributed by atoms with E-state index in [4.69, 9.17) is 33.2 Å². The third-order valence-corrected chi connectivity index (χ3v) is 14.7. The lowest BCUT2D eigenvalue weighted by molar-refractivity contribution is -0.207. The third-order valence-electron chi connectivity index (χ3n) is 14.7. The van der Waals surface area contributed by atoms with E-state index < -0.39 is 0 Å². The molecule has 0 amide bonds. The normalized spacial score (nSPS) is 13.0. The zero-order chi connectivity index (χ0) is 54.3. The first-order valence-electron chi connectivity index (χ1n) is 33.8. The molecule has 0 aromatic heterocycles. The van der Waals surface area contributed by atoms with E-state index in [1.54, 1.807) is 0 Å². The number of hydrogen-bond donors (Lipinski definition) is 0. The maximum Gasteiger partial charge on any atom is 0.180 e. The van der Waals surface area contributed by atoms with Crippen molar-refractivity contribution in [2.75, 3.05) is 39.6 Å². The molecule has 0 heterocycles. The van der Waals surface area contributed by atoms with Crippen molar-refractivity contribution >= 4 is 0 Å². The summed E-state index contributed by atoms with van der Waals surface area (Å²) in [4.78, 5) is 0. The van der Waals surface area contributed by atoms with Gasteiger partial charge < -0.3 is 33.2 Å². The molecule has 7 nitrogen and oxygen atoms in total. The standard InChI is InChI=1S/C68H134O7/c1-7-13-17-21-43-51-61-71-65(72-62-52-44-22-18-14-8-2)55-47-39-35-31-27-25-29-33-37-41-49-57-67(69-59-11-5)75-68(70-60-12-6)58-50-42-38-34-30-26-28-32-36-40-48-56-66(73-63-53-45-23-19-15-9-3)74-64-54-46-24-20-16-10-4/h49-50,57-58,65-68H,7-48,51-56,59-64H2,1-6H3. The van der Waals surface area contributed by atoms with Crippen LogP contribution < -0.4 is 0 Å². The monoisotopic (exact) mass is 1060 g/mol. The lowest BCUT2D eigenvalue weighted by atomic mass is 10.1. The predicted octanol–water partition coefficient (Wildman–Crippen LogP) is 22.4. The van der Waals surface area contributed by atoms with Crippen molar-refractivity contribution in [3.05, 3.63) is 24.3 Å². The van der Waals surface area contributed by atoms with E-state index >= 15 is 0 Å². The van der Waals surface area contributed by atoms with E-state index in [2.05, 4.69) is 65.8 Å². The van der Waals surface area contributed by atoms with Crippen LogP contribution in [0.25, 0.3) is 0 Å². The van der Waals surface area contributed by atoms with Gasteiger partial charge in [0.1, 0.15) is 0 Å². The number of allylic oxidation sites excluding steroid dienone is 2. The van der Waals surface area contributed by atoms with Gasteiger partial charge in [-0.2, -0.15) is 0 Å². The Balaban J connectivity index is 4.34. The Hall–Kier alpha value is -0.800. The summed E-state index contributed by atoms with van der Waals surface area (Å²) in [6, 6.07) is 0. The molecule has 0 spiro atoms. The van der Waals surface area contributed by atoms with Gasteiger partial charge >= 0.3 is 0 Å². The second-order valence-corrected chi connectivity index (χ2v) is 22.4. The highest BCUT2D eigenvalue weighted by molar-refractivity contribution is 4.90. The van der Waals surface area contributed by atoms with Crippen LogP contribution in [-0.2, 0) is 33.2 Å². The van der Waals surface area contributed by atoms with Crippen LogP contribution in [0.1, 0.15) is 350 Å². The van der Waals surface area contributed by atoms with Crippen LogP contribution in [0.5, 0.6) is 0 Å². The fourth-order valence-corrected chi connectivity index (χ4v) is 9.73. The molecule has 0 saturated heterocycles. The van der Waals surface area contributed by atoms with Gasteiger partial charge in [-0.3, -0.25) is 0 Å². The average molecular weight is 1060 g/mol. The molecule has 0 aromatic carbocycles. The Labute approximate surface area is 470 Å². The first-order chi connectivity index (χ1) is 37.1. The molecule has 0 aliphatic rings. The first kappa shape index (κ1) is 74.2. The molecule has 0 aliphatic heterocycles. The minimum Gasteiger partial charge on any atom is -0.353 e. The summed E-state index contributed by atoms with van der Waals surface area (Å²) >= 11 is 0. The maximum absolute atomic E-state index is 6.38. The quantitative estimate of drug-likeness (QED) is 0.0342. The van der Waals surface area contributed by atoms with Crippen LogP contribution in [-0.4, -0.2) is 64.8 Å². The molecule has 0 saturated carbocycles. The molecule has 0 fully saturated rings. The van der Waals surface area contributed by atoms with Crippen molar-refractivity contribution in [2.24, 2.45) is 0 Å². The van der Waals surface area contributed by atoms with Crippen LogP contribution in [0.15, 0.2) is 24.3 Å². The highest BCUT2D eigenvalue weighted by Crippen LogP contribution is 2.19. The van der Waals surface area contributed by atoms with Crippen molar-refractivity contribution in [2.45, 2.75) is 375 Å². The molecule has 0 aliphatic carbocycles. The minimum atomic E-state index is -0.376. The average Bonchev–Trinajstić information content (AvgIpc) is 3.42. The summed E-state index contributed by atoms with van der Waals surface area (Å²) < 4.78 is 43.7. The Morgan fingerprint density at radius 3 is 0.733 bits per heavy atom. The molecule has 7 heteroatoms. The summed E-state index contributed by atoms with van der Waals surface area (Å²) in [7, 11) is 0. The van der Waals surface area contributed by atoms with E-state index in [1.807, 2.05) is 0 Å². The second kappa shape index (κ2) is 65.7. The van der Waals surface area contributed by atoms with Gasteiger partial charge in [-0.25, -0.2) is 0 Å². The summed E-state index contributed by atoms with van der Waals surface area (Å²) in [6.45, 7) is 18.2. The van der Waals surface area contributed by atoms with Crippen molar-refractivity contribution in [3.63, 3.8) is 0 Å². The molecule has 2 unspecified atom stereocenters. The maximum atomic E-state index is 6.38. The third kappa shape index (κ3) is 59.2.